The van der Waals surface area contributed by atoms with Gasteiger partial charge in [0.2, 0.25) is 0 Å². The van der Waals surface area contributed by atoms with Gasteiger partial charge in [0.05, 0.1) is 7.11 Å². The first-order valence-electron chi connectivity index (χ1n) is 10.5. The van der Waals surface area contributed by atoms with E-state index in [1.807, 2.05) is 0 Å². The van der Waals surface area contributed by atoms with Crippen molar-refractivity contribution in [2.45, 2.75) is 50.5 Å². The maximum atomic E-state index is 13.6. The summed E-state index contributed by atoms with van der Waals surface area (Å²) in [6.45, 7) is 2.02. The van der Waals surface area contributed by atoms with Gasteiger partial charge in [-0.05, 0) is 87.6 Å². The number of rotatable bonds is 8. The molecule has 28 heavy (non-hydrogen) atoms. The van der Waals surface area contributed by atoms with E-state index in [1.54, 1.807) is 38.2 Å². The molecule has 0 aromatic heterocycles. The van der Waals surface area contributed by atoms with Crippen molar-refractivity contribution < 1.29 is 13.9 Å². The van der Waals surface area contributed by atoms with E-state index in [4.69, 9.17) is 4.74 Å². The van der Waals surface area contributed by atoms with Crippen LogP contribution in [0.4, 0.5) is 9.18 Å². The molecule has 5 nitrogen and oxygen atoms in total. The van der Waals surface area contributed by atoms with Gasteiger partial charge in [0.15, 0.2) is 0 Å². The van der Waals surface area contributed by atoms with Crippen LogP contribution in [0.25, 0.3) is 0 Å². The molecule has 2 aliphatic rings. The number of ether oxygens (including phenoxy) is 1. The summed E-state index contributed by atoms with van der Waals surface area (Å²) in [5.41, 5.74) is 1.01. The van der Waals surface area contributed by atoms with Crippen LogP contribution in [-0.4, -0.2) is 51.3 Å². The Bertz CT molecular complexity index is 659. The zero-order valence-electron chi connectivity index (χ0n) is 17.3. The number of nitrogens with zero attached hydrogens (tertiary/aromatic N) is 1. The number of benzene rings is 1. The van der Waals surface area contributed by atoms with Crippen LogP contribution < -0.4 is 15.4 Å². The lowest BCUT2D eigenvalue weighted by molar-refractivity contribution is 0.203. The second kappa shape index (κ2) is 9.59. The van der Waals surface area contributed by atoms with Gasteiger partial charge < -0.3 is 20.3 Å². The van der Waals surface area contributed by atoms with Gasteiger partial charge in [-0.25, -0.2) is 9.18 Å². The lowest BCUT2D eigenvalue weighted by Gasteiger charge is -2.30. The number of carbonyl (C=O) groups is 1. The van der Waals surface area contributed by atoms with Crippen LogP contribution in [0.5, 0.6) is 5.75 Å². The van der Waals surface area contributed by atoms with E-state index >= 15 is 0 Å². The van der Waals surface area contributed by atoms with Gasteiger partial charge in [0.25, 0.3) is 0 Å². The van der Waals surface area contributed by atoms with E-state index in [0.717, 1.165) is 49.6 Å². The van der Waals surface area contributed by atoms with E-state index in [-0.39, 0.29) is 11.8 Å². The summed E-state index contributed by atoms with van der Waals surface area (Å²) in [5.74, 6) is 2.35. The lowest BCUT2D eigenvalue weighted by Crippen LogP contribution is -2.43. The van der Waals surface area contributed by atoms with Crippen LogP contribution >= 0.6 is 0 Å². The van der Waals surface area contributed by atoms with Crippen LogP contribution in [0, 0.1) is 17.7 Å². The molecule has 2 N–H and O–H groups in total. The number of hydrogen-bond donors (Lipinski definition) is 2. The van der Waals surface area contributed by atoms with Gasteiger partial charge in [-0.3, -0.25) is 0 Å². The van der Waals surface area contributed by atoms with Gasteiger partial charge in [-0.1, -0.05) is 0 Å². The molecule has 0 radical (unpaired) electrons. The quantitative estimate of drug-likeness (QED) is 0.664. The van der Waals surface area contributed by atoms with Crippen molar-refractivity contribution in [3.05, 3.63) is 29.6 Å². The fourth-order valence-electron chi connectivity index (χ4n) is 4.34. The number of hydrogen-bond acceptors (Lipinski definition) is 3. The molecule has 6 heteroatoms. The van der Waals surface area contributed by atoms with Crippen molar-refractivity contribution in [1.82, 2.24) is 15.5 Å². The van der Waals surface area contributed by atoms with Crippen LogP contribution in [0.15, 0.2) is 18.2 Å². The summed E-state index contributed by atoms with van der Waals surface area (Å²) in [7, 11) is 5.20. The lowest BCUT2D eigenvalue weighted by atomic mass is 9.84. The predicted octanol–water partition coefficient (Wildman–Crippen LogP) is 3.75. The molecule has 3 rings (SSSR count). The maximum absolute atomic E-state index is 13.6. The van der Waals surface area contributed by atoms with Crippen molar-refractivity contribution in [2.75, 3.05) is 34.3 Å². The van der Waals surface area contributed by atoms with Crippen molar-refractivity contribution >= 4 is 6.03 Å². The van der Waals surface area contributed by atoms with E-state index in [2.05, 4.69) is 10.6 Å². The third kappa shape index (κ3) is 5.60. The summed E-state index contributed by atoms with van der Waals surface area (Å²) >= 11 is 0. The Kier molecular flexibility index (Phi) is 7.16. The minimum Gasteiger partial charge on any atom is -0.496 e. The van der Waals surface area contributed by atoms with E-state index in [0.29, 0.717) is 17.9 Å². The Hall–Kier alpha value is -1.82. The summed E-state index contributed by atoms with van der Waals surface area (Å²) in [6, 6.07) is 5.15. The molecule has 0 saturated heterocycles. The molecule has 156 valence electrons. The molecular weight excluding hydrogens is 357 g/mol. The molecular formula is C22H34FN3O2. The maximum Gasteiger partial charge on any atom is 0.317 e. The average molecular weight is 392 g/mol. The highest BCUT2D eigenvalue weighted by Gasteiger charge is 2.39. The molecule has 2 atom stereocenters. The molecule has 0 bridgehead atoms. The Morgan fingerprint density at radius 2 is 2.00 bits per heavy atom. The summed E-state index contributed by atoms with van der Waals surface area (Å²) in [4.78, 5) is 13.3. The fourth-order valence-corrected chi connectivity index (χ4v) is 4.34. The standard InChI is InChI=1S/C22H34FN3O2/c1-26(2)22(27)25-18-7-4-15(5-8-18)10-11-24-14-16-12-19(16)20-13-17(23)6-9-21(20)28-3/h6,9,13,15-16,18-19,24H,4-5,7-8,10-12,14H2,1-3H3,(H,25,27)/t15-,16-,18-,19+/m0/s1. The molecule has 2 amide bonds. The number of amides is 2. The molecule has 0 spiro atoms. The zero-order valence-corrected chi connectivity index (χ0v) is 17.3. The molecule has 0 aliphatic heterocycles. The van der Waals surface area contributed by atoms with Crippen LogP contribution in [0.2, 0.25) is 0 Å². The highest BCUT2D eigenvalue weighted by Crippen LogP contribution is 2.50. The second-order valence-electron chi connectivity index (χ2n) is 8.54. The van der Waals surface area contributed by atoms with Crippen molar-refractivity contribution in [1.29, 1.82) is 0 Å². The first-order chi connectivity index (χ1) is 13.5. The smallest absolute Gasteiger partial charge is 0.317 e. The summed E-state index contributed by atoms with van der Waals surface area (Å²) < 4.78 is 18.9. The van der Waals surface area contributed by atoms with Gasteiger partial charge in [-0.2, -0.15) is 0 Å². The van der Waals surface area contributed by atoms with Crippen molar-refractivity contribution in [3.8, 4) is 5.75 Å². The number of carbonyl (C=O) groups excluding carboxylic acids is 1. The predicted molar refractivity (Wildman–Crippen MR) is 109 cm³/mol. The zero-order chi connectivity index (χ0) is 20.1. The molecule has 0 heterocycles. The van der Waals surface area contributed by atoms with Crippen LogP contribution in [0.3, 0.4) is 0 Å². The normalized spacial score (nSPS) is 26.6. The van der Waals surface area contributed by atoms with Crippen molar-refractivity contribution in [2.24, 2.45) is 11.8 Å². The third-order valence-corrected chi connectivity index (χ3v) is 6.23. The molecule has 2 fully saturated rings. The number of nitrogens with one attached hydrogen (secondary N) is 2. The monoisotopic (exact) mass is 391 g/mol. The molecule has 2 aliphatic carbocycles. The Morgan fingerprint density at radius 3 is 2.68 bits per heavy atom. The highest BCUT2D eigenvalue weighted by molar-refractivity contribution is 5.73. The van der Waals surface area contributed by atoms with Crippen LogP contribution in [-0.2, 0) is 0 Å². The van der Waals surface area contributed by atoms with Gasteiger partial charge in [-0.15, -0.1) is 0 Å². The van der Waals surface area contributed by atoms with Crippen molar-refractivity contribution in [3.63, 3.8) is 0 Å². The topological polar surface area (TPSA) is 53.6 Å². The van der Waals surface area contributed by atoms with Gasteiger partial charge in [0, 0.05) is 25.7 Å². The minimum absolute atomic E-state index is 0.0130. The van der Waals surface area contributed by atoms with Gasteiger partial charge >= 0.3 is 6.03 Å². The Balaban J connectivity index is 1.31. The largest absolute Gasteiger partial charge is 0.496 e. The van der Waals surface area contributed by atoms with E-state index in [9.17, 15) is 9.18 Å². The van der Waals surface area contributed by atoms with Crippen LogP contribution in [0.1, 0.15) is 50.0 Å². The van der Waals surface area contributed by atoms with Gasteiger partial charge in [0.1, 0.15) is 11.6 Å². The average Bonchev–Trinajstić information content (AvgIpc) is 3.46. The molecule has 1 aromatic carbocycles. The highest BCUT2D eigenvalue weighted by atomic mass is 19.1. The summed E-state index contributed by atoms with van der Waals surface area (Å²) in [6.07, 6.45) is 6.82. The van der Waals surface area contributed by atoms with E-state index < -0.39 is 0 Å². The first-order valence-corrected chi connectivity index (χ1v) is 10.5. The minimum atomic E-state index is -0.188. The molecule has 0 unspecified atom stereocenters. The summed E-state index contributed by atoms with van der Waals surface area (Å²) in [5, 5.41) is 6.69. The third-order valence-electron chi connectivity index (χ3n) is 6.23. The fraction of sp³-hybridized carbons (Fsp3) is 0.682. The molecule has 1 aromatic rings. The number of urea groups is 1. The number of methoxy groups -OCH3 is 1. The Labute approximate surface area is 168 Å². The number of halogens is 1. The Morgan fingerprint density at radius 1 is 1.25 bits per heavy atom. The molecule has 2 saturated carbocycles. The van der Waals surface area contributed by atoms with E-state index in [1.165, 1.54) is 25.3 Å². The first kappa shape index (κ1) is 20.9. The second-order valence-corrected chi connectivity index (χ2v) is 8.54. The SMILES string of the molecule is COc1ccc(F)cc1[C@@H]1C[C@H]1CNCC[C@H]1CC[C@H](NC(=O)N(C)C)CC1.